The molecule has 2 nitrogen and oxygen atoms in total. The van der Waals surface area contributed by atoms with Crippen molar-refractivity contribution in [2.75, 3.05) is 6.61 Å². The minimum Gasteiger partial charge on any atom is -0.417 e. The minimum atomic E-state index is -1.71. The Balaban J connectivity index is 4.44. The number of terminal acetylenes is 1. The van der Waals surface area contributed by atoms with E-state index in [1.54, 1.807) is 6.92 Å². The van der Waals surface area contributed by atoms with Gasteiger partial charge in [0, 0.05) is 6.61 Å². The molecule has 0 rings (SSSR count). The summed E-state index contributed by atoms with van der Waals surface area (Å²) in [4.78, 5) is 0. The van der Waals surface area contributed by atoms with Crippen LogP contribution in [0.25, 0.3) is 0 Å². The third-order valence-corrected chi connectivity index (χ3v) is 8.34. The zero-order valence-electron chi connectivity index (χ0n) is 12.4. The van der Waals surface area contributed by atoms with Crippen molar-refractivity contribution in [3.63, 3.8) is 0 Å². The van der Waals surface area contributed by atoms with E-state index in [9.17, 15) is 5.11 Å². The summed E-state index contributed by atoms with van der Waals surface area (Å²) < 4.78 is 6.12. The first-order chi connectivity index (χ1) is 7.53. The minimum absolute atomic E-state index is 0.125. The van der Waals surface area contributed by atoms with Crippen molar-refractivity contribution < 1.29 is 9.53 Å². The predicted molar refractivity (Wildman–Crippen MR) is 76.3 cm³/mol. The van der Waals surface area contributed by atoms with Crippen LogP contribution in [0.5, 0.6) is 0 Å². The number of hydrogen-bond donors (Lipinski definition) is 1. The first kappa shape index (κ1) is 16.7. The smallest absolute Gasteiger partial charge is 0.191 e. The summed E-state index contributed by atoms with van der Waals surface area (Å²) in [7, 11) is -1.71. The molecule has 3 heteroatoms. The van der Waals surface area contributed by atoms with Crippen LogP contribution in [0.4, 0.5) is 0 Å². The molecular formula is C14H28O2Si. The lowest BCUT2D eigenvalue weighted by atomic mass is 9.91. The molecule has 1 N–H and O–H groups in total. The van der Waals surface area contributed by atoms with Gasteiger partial charge < -0.3 is 9.53 Å². The van der Waals surface area contributed by atoms with Crippen LogP contribution in [0.1, 0.15) is 34.6 Å². The Bertz CT molecular complexity index is 271. The molecular weight excluding hydrogens is 228 g/mol. The zero-order chi connectivity index (χ0) is 13.9. The number of aliphatic hydroxyl groups is 1. The zero-order valence-corrected chi connectivity index (χ0v) is 13.4. The third-order valence-electron chi connectivity index (χ3n) is 3.84. The molecule has 0 amide bonds. The first-order valence-corrected chi connectivity index (χ1v) is 9.22. The fraction of sp³-hybridized carbons (Fsp3) is 0.857. The van der Waals surface area contributed by atoms with Crippen molar-refractivity contribution in [2.45, 2.75) is 58.9 Å². The first-order valence-electron chi connectivity index (χ1n) is 6.31. The molecule has 0 saturated carbocycles. The summed E-state index contributed by atoms with van der Waals surface area (Å²) in [6.45, 7) is 15.5. The molecule has 0 bridgehead atoms. The molecule has 2 unspecified atom stereocenters. The highest BCUT2D eigenvalue weighted by Crippen LogP contribution is 2.37. The quantitative estimate of drug-likeness (QED) is 0.604. The fourth-order valence-electron chi connectivity index (χ4n) is 1.44. The molecule has 0 saturated heterocycles. The Morgan fingerprint density at radius 2 is 1.76 bits per heavy atom. The van der Waals surface area contributed by atoms with Crippen molar-refractivity contribution >= 4 is 8.32 Å². The van der Waals surface area contributed by atoms with Gasteiger partial charge in [-0.1, -0.05) is 27.7 Å². The Labute approximate surface area is 108 Å². The van der Waals surface area contributed by atoms with E-state index in [-0.39, 0.29) is 16.9 Å². The summed E-state index contributed by atoms with van der Waals surface area (Å²) in [6, 6.07) is 0. The summed E-state index contributed by atoms with van der Waals surface area (Å²) in [5, 5.41) is 9.80. The summed E-state index contributed by atoms with van der Waals surface area (Å²) in [5.74, 6) is 2.73. The molecule has 3 atom stereocenters. The van der Waals surface area contributed by atoms with E-state index in [2.05, 4.69) is 39.8 Å². The maximum Gasteiger partial charge on any atom is 0.191 e. The van der Waals surface area contributed by atoms with E-state index in [1.807, 2.05) is 6.92 Å². The summed E-state index contributed by atoms with van der Waals surface area (Å²) in [6.07, 6.45) is 4.97. The van der Waals surface area contributed by atoms with Crippen LogP contribution >= 0.6 is 0 Å². The monoisotopic (exact) mass is 256 g/mol. The van der Waals surface area contributed by atoms with Crippen LogP contribution in [-0.2, 0) is 4.43 Å². The lowest BCUT2D eigenvalue weighted by Gasteiger charge is -2.37. The lowest BCUT2D eigenvalue weighted by Crippen LogP contribution is -2.42. The highest BCUT2D eigenvalue weighted by Gasteiger charge is 2.37. The number of aliphatic hydroxyl groups excluding tert-OH is 1. The van der Waals surface area contributed by atoms with Gasteiger partial charge in [0.25, 0.3) is 0 Å². The molecule has 0 heterocycles. The normalized spacial score (nSPS) is 18.3. The largest absolute Gasteiger partial charge is 0.417 e. The molecule has 0 aromatic carbocycles. The average Bonchev–Trinajstić information content (AvgIpc) is 2.13. The van der Waals surface area contributed by atoms with Crippen LogP contribution in [0.15, 0.2) is 0 Å². The van der Waals surface area contributed by atoms with E-state index in [1.165, 1.54) is 0 Å². The highest BCUT2D eigenvalue weighted by atomic mass is 28.4. The van der Waals surface area contributed by atoms with Gasteiger partial charge in [-0.05, 0) is 31.0 Å². The standard InChI is InChI=1S/C14H28O2Si/c1-9-13(12(3)15)11(2)10-16-17(7,8)14(4,5)6/h1,11-13,15H,10H2,2-8H3/t11-,12?,13?/m0/s1. The maximum atomic E-state index is 9.59. The van der Waals surface area contributed by atoms with Crippen molar-refractivity contribution in [3.05, 3.63) is 0 Å². The second kappa shape index (κ2) is 6.04. The Hall–Kier alpha value is -0.303. The van der Waals surface area contributed by atoms with E-state index in [0.717, 1.165) is 0 Å². The summed E-state index contributed by atoms with van der Waals surface area (Å²) in [5.41, 5.74) is 0. The molecule has 17 heavy (non-hydrogen) atoms. The van der Waals surface area contributed by atoms with Crippen molar-refractivity contribution in [1.82, 2.24) is 0 Å². The van der Waals surface area contributed by atoms with E-state index in [4.69, 9.17) is 10.8 Å². The lowest BCUT2D eigenvalue weighted by molar-refractivity contribution is 0.100. The van der Waals surface area contributed by atoms with Crippen LogP contribution in [0.2, 0.25) is 18.1 Å². The second-order valence-electron chi connectivity index (χ2n) is 6.48. The van der Waals surface area contributed by atoms with Crippen LogP contribution in [-0.4, -0.2) is 26.1 Å². The topological polar surface area (TPSA) is 29.5 Å². The van der Waals surface area contributed by atoms with Gasteiger partial charge in [-0.15, -0.1) is 12.3 Å². The van der Waals surface area contributed by atoms with Crippen molar-refractivity contribution in [2.24, 2.45) is 11.8 Å². The molecule has 0 fully saturated rings. The van der Waals surface area contributed by atoms with Crippen molar-refractivity contribution in [1.29, 1.82) is 0 Å². The molecule has 0 spiro atoms. The molecule has 0 aromatic heterocycles. The SMILES string of the molecule is C#CC(C(C)O)[C@@H](C)CO[Si](C)(C)C(C)(C)C. The van der Waals surface area contributed by atoms with Gasteiger partial charge in [0.2, 0.25) is 0 Å². The van der Waals surface area contributed by atoms with Gasteiger partial charge in [0.05, 0.1) is 12.0 Å². The molecule has 0 aliphatic rings. The number of hydrogen-bond acceptors (Lipinski definition) is 2. The van der Waals surface area contributed by atoms with Crippen LogP contribution < -0.4 is 0 Å². The Morgan fingerprint density at radius 3 is 2.06 bits per heavy atom. The molecule has 0 radical (unpaired) electrons. The van der Waals surface area contributed by atoms with Gasteiger partial charge in [-0.3, -0.25) is 0 Å². The Kier molecular flexibility index (Phi) is 5.93. The third kappa shape index (κ3) is 4.83. The average molecular weight is 256 g/mol. The molecule has 0 aromatic rings. The van der Waals surface area contributed by atoms with E-state index in [0.29, 0.717) is 6.61 Å². The number of rotatable bonds is 5. The van der Waals surface area contributed by atoms with Gasteiger partial charge in [-0.25, -0.2) is 0 Å². The Morgan fingerprint density at radius 1 is 1.29 bits per heavy atom. The predicted octanol–water partition coefficient (Wildman–Crippen LogP) is 3.27. The van der Waals surface area contributed by atoms with E-state index < -0.39 is 14.4 Å². The van der Waals surface area contributed by atoms with Gasteiger partial charge in [-0.2, -0.15) is 0 Å². The fourth-order valence-corrected chi connectivity index (χ4v) is 2.55. The molecule has 100 valence electrons. The van der Waals surface area contributed by atoms with E-state index >= 15 is 0 Å². The van der Waals surface area contributed by atoms with Crippen molar-refractivity contribution in [3.8, 4) is 12.3 Å². The van der Waals surface area contributed by atoms with Gasteiger partial charge in [0.15, 0.2) is 8.32 Å². The maximum absolute atomic E-state index is 9.59. The summed E-state index contributed by atoms with van der Waals surface area (Å²) >= 11 is 0. The van der Waals surface area contributed by atoms with Gasteiger partial charge in [0.1, 0.15) is 0 Å². The molecule has 0 aliphatic carbocycles. The van der Waals surface area contributed by atoms with Crippen LogP contribution in [0, 0.1) is 24.2 Å². The highest BCUT2D eigenvalue weighted by molar-refractivity contribution is 6.74. The van der Waals surface area contributed by atoms with Gasteiger partial charge >= 0.3 is 0 Å². The molecule has 0 aliphatic heterocycles. The second-order valence-corrected chi connectivity index (χ2v) is 11.3. The van der Waals surface area contributed by atoms with Crippen LogP contribution in [0.3, 0.4) is 0 Å².